The zero-order valence-electron chi connectivity index (χ0n) is 10.0. The molecule has 0 unspecified atom stereocenters. The molecule has 1 heterocycles. The fourth-order valence-electron chi connectivity index (χ4n) is 2.07. The van der Waals surface area contributed by atoms with Gasteiger partial charge in [0.1, 0.15) is 0 Å². The van der Waals surface area contributed by atoms with Gasteiger partial charge in [-0.25, -0.2) is 5.10 Å². The molecule has 0 bridgehead atoms. The number of hydrogen-bond donors (Lipinski definition) is 1. The van der Waals surface area contributed by atoms with Crippen LogP contribution in [0.4, 0.5) is 0 Å². The third-order valence-electron chi connectivity index (χ3n) is 3.31. The average molecular weight is 243 g/mol. The molecule has 3 rings (SSSR count). The average Bonchev–Trinajstić information content (AvgIpc) is 3.22. The van der Waals surface area contributed by atoms with Gasteiger partial charge >= 0.3 is 0 Å². The quantitative estimate of drug-likeness (QED) is 0.860. The third-order valence-corrected chi connectivity index (χ3v) is 3.31. The SMILES string of the molecule is CN(C(=O)c1n[nH]c(=O)c2ccccc12)C1CC1. The molecule has 1 aromatic heterocycles. The predicted molar refractivity (Wildman–Crippen MR) is 67.5 cm³/mol. The minimum atomic E-state index is -0.267. The Balaban J connectivity index is 2.14. The Morgan fingerprint density at radius 2 is 2.00 bits per heavy atom. The largest absolute Gasteiger partial charge is 0.337 e. The van der Waals surface area contributed by atoms with Crippen LogP contribution in [0.3, 0.4) is 0 Å². The highest BCUT2D eigenvalue weighted by Gasteiger charge is 2.31. The highest BCUT2D eigenvalue weighted by Crippen LogP contribution is 2.27. The number of nitrogens with zero attached hydrogens (tertiary/aromatic N) is 2. The summed E-state index contributed by atoms with van der Waals surface area (Å²) >= 11 is 0. The first-order valence-electron chi connectivity index (χ1n) is 5.93. The van der Waals surface area contributed by atoms with Crippen LogP contribution in [0, 0.1) is 0 Å². The van der Waals surface area contributed by atoms with E-state index in [4.69, 9.17) is 0 Å². The number of aromatic amines is 1. The molecule has 1 aliphatic rings. The van der Waals surface area contributed by atoms with Crippen molar-refractivity contribution in [2.45, 2.75) is 18.9 Å². The van der Waals surface area contributed by atoms with Crippen molar-refractivity contribution in [1.82, 2.24) is 15.1 Å². The van der Waals surface area contributed by atoms with Crippen LogP contribution in [0.2, 0.25) is 0 Å². The van der Waals surface area contributed by atoms with Crippen molar-refractivity contribution in [2.75, 3.05) is 7.05 Å². The predicted octanol–water partition coefficient (Wildman–Crippen LogP) is 1.16. The van der Waals surface area contributed by atoms with Gasteiger partial charge in [-0.2, -0.15) is 5.10 Å². The minimum absolute atomic E-state index is 0.134. The highest BCUT2D eigenvalue weighted by atomic mass is 16.2. The zero-order chi connectivity index (χ0) is 12.7. The van der Waals surface area contributed by atoms with Crippen LogP contribution in [-0.2, 0) is 0 Å². The van der Waals surface area contributed by atoms with E-state index in [0.717, 1.165) is 12.8 Å². The van der Waals surface area contributed by atoms with E-state index in [2.05, 4.69) is 10.2 Å². The first kappa shape index (κ1) is 11.0. The second-order valence-corrected chi connectivity index (χ2v) is 4.59. The topological polar surface area (TPSA) is 66.1 Å². The minimum Gasteiger partial charge on any atom is -0.337 e. The smallest absolute Gasteiger partial charge is 0.274 e. The van der Waals surface area contributed by atoms with Gasteiger partial charge in [0, 0.05) is 18.5 Å². The van der Waals surface area contributed by atoms with Gasteiger partial charge < -0.3 is 4.90 Å². The molecule has 92 valence electrons. The molecular formula is C13H13N3O2. The lowest BCUT2D eigenvalue weighted by molar-refractivity contribution is 0.0780. The maximum absolute atomic E-state index is 12.3. The van der Waals surface area contributed by atoms with Crippen molar-refractivity contribution in [3.05, 3.63) is 40.3 Å². The number of rotatable bonds is 2. The monoisotopic (exact) mass is 243 g/mol. The van der Waals surface area contributed by atoms with Crippen molar-refractivity contribution in [3.63, 3.8) is 0 Å². The van der Waals surface area contributed by atoms with Crippen LogP contribution >= 0.6 is 0 Å². The summed E-state index contributed by atoms with van der Waals surface area (Å²) in [5.41, 5.74) is 0.0517. The molecule has 0 aliphatic heterocycles. The lowest BCUT2D eigenvalue weighted by Crippen LogP contribution is -2.30. The van der Waals surface area contributed by atoms with E-state index in [1.54, 1.807) is 36.2 Å². The zero-order valence-corrected chi connectivity index (χ0v) is 10.0. The van der Waals surface area contributed by atoms with Crippen LogP contribution in [0.15, 0.2) is 29.1 Å². The number of fused-ring (bicyclic) bond motifs is 1. The molecule has 0 spiro atoms. The summed E-state index contributed by atoms with van der Waals surface area (Å²) in [7, 11) is 1.78. The fraction of sp³-hybridized carbons (Fsp3) is 0.308. The molecule has 1 fully saturated rings. The van der Waals surface area contributed by atoms with Crippen molar-refractivity contribution in [3.8, 4) is 0 Å². The van der Waals surface area contributed by atoms with Crippen LogP contribution in [0.1, 0.15) is 23.3 Å². The van der Waals surface area contributed by atoms with Gasteiger partial charge in [-0.1, -0.05) is 18.2 Å². The van der Waals surface area contributed by atoms with E-state index < -0.39 is 0 Å². The van der Waals surface area contributed by atoms with Crippen LogP contribution in [0.5, 0.6) is 0 Å². The van der Waals surface area contributed by atoms with Gasteiger partial charge in [0.05, 0.1) is 5.39 Å². The van der Waals surface area contributed by atoms with E-state index in [1.165, 1.54) is 0 Å². The van der Waals surface area contributed by atoms with Crippen LogP contribution < -0.4 is 5.56 Å². The van der Waals surface area contributed by atoms with Crippen molar-refractivity contribution >= 4 is 16.7 Å². The van der Waals surface area contributed by atoms with E-state index in [1.807, 2.05) is 0 Å². The lowest BCUT2D eigenvalue weighted by Gasteiger charge is -2.16. The van der Waals surface area contributed by atoms with E-state index in [0.29, 0.717) is 22.5 Å². The molecule has 1 amide bonds. The fourth-order valence-corrected chi connectivity index (χ4v) is 2.07. The third kappa shape index (κ3) is 1.68. The molecule has 5 heteroatoms. The van der Waals surface area contributed by atoms with Gasteiger partial charge in [0.15, 0.2) is 5.69 Å². The highest BCUT2D eigenvalue weighted by molar-refractivity contribution is 6.04. The maximum Gasteiger partial charge on any atom is 0.274 e. The number of aromatic nitrogens is 2. The van der Waals surface area contributed by atoms with Crippen LogP contribution in [0.25, 0.3) is 10.8 Å². The van der Waals surface area contributed by atoms with Gasteiger partial charge in [0.2, 0.25) is 0 Å². The Hall–Kier alpha value is -2.17. The molecule has 1 aliphatic carbocycles. The molecule has 1 saturated carbocycles. The summed E-state index contributed by atoms with van der Waals surface area (Å²) < 4.78 is 0. The lowest BCUT2D eigenvalue weighted by atomic mass is 10.1. The standard InChI is InChI=1S/C13H13N3O2/c1-16(8-6-7-8)13(18)11-9-4-2-3-5-10(9)12(17)15-14-11/h2-5,8H,6-7H2,1H3,(H,15,17). The summed E-state index contributed by atoms with van der Waals surface area (Å²) in [5, 5.41) is 7.40. The Morgan fingerprint density at radius 3 is 2.67 bits per heavy atom. The van der Waals surface area contributed by atoms with Gasteiger partial charge in [0.25, 0.3) is 11.5 Å². The molecule has 0 radical (unpaired) electrons. The molecule has 1 aromatic carbocycles. The second-order valence-electron chi connectivity index (χ2n) is 4.59. The molecule has 0 saturated heterocycles. The van der Waals surface area contributed by atoms with Crippen molar-refractivity contribution < 1.29 is 4.79 Å². The normalized spacial score (nSPS) is 14.7. The Labute approximate surface area is 103 Å². The second kappa shape index (κ2) is 3.94. The van der Waals surface area contributed by atoms with E-state index in [-0.39, 0.29) is 11.5 Å². The first-order valence-corrected chi connectivity index (χ1v) is 5.93. The molecule has 0 atom stereocenters. The molecule has 2 aromatic rings. The summed E-state index contributed by atoms with van der Waals surface area (Å²) in [5.74, 6) is -0.134. The van der Waals surface area contributed by atoms with Gasteiger partial charge in [-0.3, -0.25) is 9.59 Å². The molecular weight excluding hydrogens is 230 g/mol. The number of nitrogens with one attached hydrogen (secondary N) is 1. The summed E-state index contributed by atoms with van der Waals surface area (Å²) in [4.78, 5) is 25.6. The van der Waals surface area contributed by atoms with Gasteiger partial charge in [-0.15, -0.1) is 0 Å². The summed E-state index contributed by atoms with van der Waals surface area (Å²) in [6, 6.07) is 7.35. The maximum atomic E-state index is 12.3. The number of carbonyl (C=O) groups excluding carboxylic acids is 1. The Kier molecular flexibility index (Phi) is 2.40. The number of hydrogen-bond acceptors (Lipinski definition) is 3. The number of carbonyl (C=O) groups is 1. The number of amides is 1. The van der Waals surface area contributed by atoms with Gasteiger partial charge in [-0.05, 0) is 18.9 Å². The van der Waals surface area contributed by atoms with E-state index in [9.17, 15) is 9.59 Å². The molecule has 5 nitrogen and oxygen atoms in total. The summed E-state index contributed by atoms with van der Waals surface area (Å²) in [6.07, 6.45) is 2.09. The Bertz CT molecular complexity index is 673. The Morgan fingerprint density at radius 1 is 1.33 bits per heavy atom. The number of benzene rings is 1. The molecule has 18 heavy (non-hydrogen) atoms. The summed E-state index contributed by atoms with van der Waals surface area (Å²) in [6.45, 7) is 0. The van der Waals surface area contributed by atoms with Crippen molar-refractivity contribution in [2.24, 2.45) is 0 Å². The van der Waals surface area contributed by atoms with Crippen molar-refractivity contribution in [1.29, 1.82) is 0 Å². The molecule has 1 N–H and O–H groups in total. The van der Waals surface area contributed by atoms with E-state index >= 15 is 0 Å². The number of H-pyrrole nitrogens is 1. The first-order chi connectivity index (χ1) is 8.68. The van der Waals surface area contributed by atoms with Crippen LogP contribution in [-0.4, -0.2) is 34.1 Å².